The van der Waals surface area contributed by atoms with Crippen LogP contribution < -0.4 is 10.5 Å². The molecule has 2 aromatic rings. The molecule has 0 saturated heterocycles. The van der Waals surface area contributed by atoms with Crippen LogP contribution in [-0.4, -0.2) is 21.0 Å². The number of hydrogen-bond acceptors (Lipinski definition) is 5. The smallest absolute Gasteiger partial charge is 0.341 e. The Balaban J connectivity index is 2.34. The third-order valence-electron chi connectivity index (χ3n) is 2.20. The highest BCUT2D eigenvalue weighted by Crippen LogP contribution is 2.24. The number of anilines is 1. The van der Waals surface area contributed by atoms with Crippen molar-refractivity contribution in [2.24, 2.45) is 0 Å². The number of ether oxygens (including phenoxy) is 1. The van der Waals surface area contributed by atoms with Gasteiger partial charge in [0.1, 0.15) is 11.3 Å². The van der Waals surface area contributed by atoms with E-state index >= 15 is 0 Å². The molecule has 6 nitrogen and oxygen atoms in total. The molecule has 18 heavy (non-hydrogen) atoms. The Morgan fingerprint density at radius 1 is 1.33 bits per heavy atom. The quantitative estimate of drug-likeness (QED) is 0.856. The topological polar surface area (TPSA) is 98.3 Å². The van der Waals surface area contributed by atoms with Crippen LogP contribution in [0.2, 0.25) is 0 Å². The van der Waals surface area contributed by atoms with E-state index in [4.69, 9.17) is 15.6 Å². The van der Waals surface area contributed by atoms with Crippen molar-refractivity contribution in [3.63, 3.8) is 0 Å². The van der Waals surface area contributed by atoms with Gasteiger partial charge in [0.15, 0.2) is 0 Å². The van der Waals surface area contributed by atoms with Gasteiger partial charge in [-0.25, -0.2) is 9.78 Å². The van der Waals surface area contributed by atoms with Crippen molar-refractivity contribution in [1.29, 1.82) is 0 Å². The van der Waals surface area contributed by atoms with Crippen LogP contribution in [0, 0.1) is 6.92 Å². The van der Waals surface area contributed by atoms with Gasteiger partial charge < -0.3 is 15.6 Å². The van der Waals surface area contributed by atoms with Gasteiger partial charge in [-0.05, 0) is 25.1 Å². The molecule has 0 aromatic carbocycles. The number of aryl methyl sites for hydroxylation is 1. The highest BCUT2D eigenvalue weighted by atomic mass is 16.5. The predicted molar refractivity (Wildman–Crippen MR) is 64.7 cm³/mol. The number of aromatic nitrogens is 2. The molecule has 0 saturated carbocycles. The molecule has 0 amide bonds. The fourth-order valence-electron chi connectivity index (χ4n) is 1.33. The summed E-state index contributed by atoms with van der Waals surface area (Å²) in [7, 11) is 0. The van der Waals surface area contributed by atoms with Crippen molar-refractivity contribution in [3.8, 4) is 11.6 Å². The van der Waals surface area contributed by atoms with E-state index in [0.717, 1.165) is 5.69 Å². The molecule has 2 aromatic heterocycles. The highest BCUT2D eigenvalue weighted by Gasteiger charge is 2.14. The minimum absolute atomic E-state index is 0.0117. The zero-order valence-electron chi connectivity index (χ0n) is 9.62. The van der Waals surface area contributed by atoms with Crippen LogP contribution in [-0.2, 0) is 0 Å². The summed E-state index contributed by atoms with van der Waals surface area (Å²) in [5.41, 5.74) is 6.50. The van der Waals surface area contributed by atoms with Crippen molar-refractivity contribution >= 4 is 11.7 Å². The summed E-state index contributed by atoms with van der Waals surface area (Å²) >= 11 is 0. The average molecular weight is 245 g/mol. The summed E-state index contributed by atoms with van der Waals surface area (Å²) in [4.78, 5) is 18.9. The second-order valence-electron chi connectivity index (χ2n) is 3.66. The zero-order valence-corrected chi connectivity index (χ0v) is 9.62. The van der Waals surface area contributed by atoms with Gasteiger partial charge in [0.25, 0.3) is 0 Å². The normalized spacial score (nSPS) is 10.1. The minimum Gasteiger partial charge on any atom is -0.477 e. The van der Waals surface area contributed by atoms with E-state index < -0.39 is 5.97 Å². The maximum absolute atomic E-state index is 11.0. The number of aromatic carboxylic acids is 1. The van der Waals surface area contributed by atoms with E-state index in [1.54, 1.807) is 12.1 Å². The molecule has 2 heterocycles. The first-order chi connectivity index (χ1) is 8.56. The van der Waals surface area contributed by atoms with Crippen LogP contribution in [0.15, 0.2) is 30.6 Å². The molecular formula is C12H11N3O3. The number of nitrogens with two attached hydrogens (primary N) is 1. The number of rotatable bonds is 3. The second kappa shape index (κ2) is 4.70. The van der Waals surface area contributed by atoms with E-state index in [1.807, 2.05) is 6.92 Å². The minimum atomic E-state index is -1.15. The van der Waals surface area contributed by atoms with E-state index in [9.17, 15) is 4.79 Å². The first-order valence-corrected chi connectivity index (χ1v) is 5.15. The predicted octanol–water partition coefficient (Wildman–Crippen LogP) is 1.86. The van der Waals surface area contributed by atoms with Gasteiger partial charge >= 0.3 is 5.97 Å². The summed E-state index contributed by atoms with van der Waals surface area (Å²) in [5.74, 6) is -0.743. The van der Waals surface area contributed by atoms with Crippen molar-refractivity contribution in [1.82, 2.24) is 9.97 Å². The Hall–Kier alpha value is -2.63. The molecule has 0 aliphatic carbocycles. The highest BCUT2D eigenvalue weighted by molar-refractivity contribution is 5.91. The van der Waals surface area contributed by atoms with Crippen LogP contribution in [0.25, 0.3) is 0 Å². The summed E-state index contributed by atoms with van der Waals surface area (Å²) in [6.45, 7) is 1.84. The number of carboxylic acids is 1. The summed E-state index contributed by atoms with van der Waals surface area (Å²) in [6, 6.07) is 4.74. The SMILES string of the molecule is Cc1ccc(Oc2ncc(N)cc2C(=O)O)cn1. The molecule has 0 aliphatic heterocycles. The van der Waals surface area contributed by atoms with Gasteiger partial charge in [-0.2, -0.15) is 0 Å². The maximum Gasteiger partial charge on any atom is 0.341 e. The van der Waals surface area contributed by atoms with Crippen LogP contribution in [0.1, 0.15) is 16.1 Å². The number of nitrogens with zero attached hydrogens (tertiary/aromatic N) is 2. The second-order valence-corrected chi connectivity index (χ2v) is 3.66. The van der Waals surface area contributed by atoms with Crippen LogP contribution in [0.3, 0.4) is 0 Å². The number of carbonyl (C=O) groups is 1. The van der Waals surface area contributed by atoms with Gasteiger partial charge in [-0.15, -0.1) is 0 Å². The molecule has 6 heteroatoms. The molecule has 0 spiro atoms. The van der Waals surface area contributed by atoms with Crippen molar-refractivity contribution in [3.05, 3.63) is 41.9 Å². The van der Waals surface area contributed by atoms with Crippen molar-refractivity contribution < 1.29 is 14.6 Å². The molecule has 0 aliphatic rings. The number of hydrogen-bond donors (Lipinski definition) is 2. The van der Waals surface area contributed by atoms with E-state index in [1.165, 1.54) is 18.5 Å². The molecule has 0 bridgehead atoms. The third kappa shape index (κ3) is 2.54. The molecule has 3 N–H and O–H groups in total. The lowest BCUT2D eigenvalue weighted by molar-refractivity contribution is 0.0693. The Morgan fingerprint density at radius 2 is 2.11 bits per heavy atom. The summed E-state index contributed by atoms with van der Waals surface area (Å²) in [5, 5.41) is 9.02. The first-order valence-electron chi connectivity index (χ1n) is 5.15. The van der Waals surface area contributed by atoms with Crippen molar-refractivity contribution in [2.45, 2.75) is 6.92 Å². The third-order valence-corrected chi connectivity index (χ3v) is 2.20. The van der Waals surface area contributed by atoms with Gasteiger partial charge in [-0.1, -0.05) is 0 Å². The Kier molecular flexibility index (Phi) is 3.09. The fraction of sp³-hybridized carbons (Fsp3) is 0.0833. The fourth-order valence-corrected chi connectivity index (χ4v) is 1.33. The zero-order chi connectivity index (χ0) is 13.1. The molecule has 0 unspecified atom stereocenters. The Bertz CT molecular complexity index is 582. The monoisotopic (exact) mass is 245 g/mol. The Morgan fingerprint density at radius 3 is 2.72 bits per heavy atom. The first kappa shape index (κ1) is 11.8. The molecule has 92 valence electrons. The van der Waals surface area contributed by atoms with Crippen molar-refractivity contribution in [2.75, 3.05) is 5.73 Å². The molecular weight excluding hydrogens is 234 g/mol. The molecule has 0 atom stereocenters. The summed E-state index contributed by atoms with van der Waals surface area (Å²) in [6.07, 6.45) is 2.84. The molecule has 0 radical (unpaired) electrons. The average Bonchev–Trinajstić information content (AvgIpc) is 2.34. The van der Waals surface area contributed by atoms with Gasteiger partial charge in [0.2, 0.25) is 5.88 Å². The number of pyridine rings is 2. The standard InChI is InChI=1S/C12H11N3O3/c1-7-2-3-9(6-14-7)18-11-10(12(16)17)4-8(13)5-15-11/h2-6H,13H2,1H3,(H,16,17). The maximum atomic E-state index is 11.0. The lowest BCUT2D eigenvalue weighted by Crippen LogP contribution is -2.03. The number of carboxylic acid groups (broad SMARTS) is 1. The number of nitrogen functional groups attached to an aromatic ring is 1. The van der Waals surface area contributed by atoms with Crippen LogP contribution in [0.4, 0.5) is 5.69 Å². The summed E-state index contributed by atoms with van der Waals surface area (Å²) < 4.78 is 5.37. The van der Waals surface area contributed by atoms with E-state index in [2.05, 4.69) is 9.97 Å². The van der Waals surface area contributed by atoms with Gasteiger partial charge in [0.05, 0.1) is 18.1 Å². The van der Waals surface area contributed by atoms with Gasteiger partial charge in [-0.3, -0.25) is 4.98 Å². The van der Waals surface area contributed by atoms with E-state index in [0.29, 0.717) is 5.75 Å². The largest absolute Gasteiger partial charge is 0.477 e. The van der Waals surface area contributed by atoms with Gasteiger partial charge in [0, 0.05) is 5.69 Å². The Labute approximate surface area is 103 Å². The lowest BCUT2D eigenvalue weighted by Gasteiger charge is -2.07. The molecule has 2 rings (SSSR count). The molecule has 0 fully saturated rings. The lowest BCUT2D eigenvalue weighted by atomic mass is 10.2. The van der Waals surface area contributed by atoms with Crippen LogP contribution in [0.5, 0.6) is 11.6 Å². The van der Waals surface area contributed by atoms with E-state index in [-0.39, 0.29) is 17.1 Å². The van der Waals surface area contributed by atoms with Crippen LogP contribution >= 0.6 is 0 Å².